The van der Waals surface area contributed by atoms with Gasteiger partial charge >= 0.3 is 0 Å². The van der Waals surface area contributed by atoms with Gasteiger partial charge in [-0.15, -0.1) is 0 Å². The lowest BCUT2D eigenvalue weighted by molar-refractivity contribution is 0.0945. The molecule has 0 saturated carbocycles. The van der Waals surface area contributed by atoms with Crippen LogP contribution < -0.4 is 5.32 Å². The van der Waals surface area contributed by atoms with Gasteiger partial charge in [0.25, 0.3) is 5.91 Å². The molecule has 1 aliphatic heterocycles. The Morgan fingerprint density at radius 2 is 1.93 bits per heavy atom. The normalized spacial score (nSPS) is 13.4. The largest absolute Gasteiger partial charge is 0.357 e. The molecule has 0 saturated heterocycles. The van der Waals surface area contributed by atoms with Gasteiger partial charge in [0.15, 0.2) is 0 Å². The Hall–Kier alpha value is -3.47. The van der Waals surface area contributed by atoms with Gasteiger partial charge in [-0.3, -0.25) is 14.8 Å². The number of carbonyl (C=O) groups is 1. The topological polar surface area (TPSA) is 70.7 Å². The van der Waals surface area contributed by atoms with Crippen molar-refractivity contribution in [3.63, 3.8) is 0 Å². The summed E-state index contributed by atoms with van der Waals surface area (Å²) in [5.74, 6) is 0.00394. The van der Waals surface area contributed by atoms with Crippen molar-refractivity contribution in [2.45, 2.75) is 13.3 Å². The van der Waals surface area contributed by atoms with Crippen LogP contribution in [0.3, 0.4) is 0 Å². The van der Waals surface area contributed by atoms with Crippen LogP contribution in [0.15, 0.2) is 54.9 Å². The van der Waals surface area contributed by atoms with Crippen molar-refractivity contribution in [1.29, 1.82) is 0 Å². The van der Waals surface area contributed by atoms with Crippen LogP contribution in [0.1, 0.15) is 21.6 Å². The zero-order valence-corrected chi connectivity index (χ0v) is 14.9. The average molecular weight is 354 g/mol. The number of aromatic nitrogens is 3. The fraction of sp³-hybridized carbons (Fsp3) is 0.136. The summed E-state index contributed by atoms with van der Waals surface area (Å²) in [6, 6.07) is 14.2. The van der Waals surface area contributed by atoms with Crippen LogP contribution in [0.2, 0.25) is 0 Å². The lowest BCUT2D eigenvalue weighted by atomic mass is 10.0. The number of aromatic amines is 1. The third-order valence-electron chi connectivity index (χ3n) is 5.15. The van der Waals surface area contributed by atoms with E-state index in [1.165, 1.54) is 0 Å². The summed E-state index contributed by atoms with van der Waals surface area (Å²) in [6.45, 7) is 2.67. The van der Waals surface area contributed by atoms with Gasteiger partial charge in [0.2, 0.25) is 0 Å². The summed E-state index contributed by atoms with van der Waals surface area (Å²) < 4.78 is 0. The molecule has 2 N–H and O–H groups in total. The minimum Gasteiger partial charge on any atom is -0.357 e. The second-order valence-electron chi connectivity index (χ2n) is 6.83. The number of nitrogens with one attached hydrogen (secondary N) is 2. The molecule has 4 heterocycles. The highest BCUT2D eigenvalue weighted by Gasteiger charge is 2.24. The Morgan fingerprint density at radius 1 is 1.04 bits per heavy atom. The van der Waals surface area contributed by atoms with Crippen molar-refractivity contribution in [3.8, 4) is 22.5 Å². The summed E-state index contributed by atoms with van der Waals surface area (Å²) >= 11 is 0. The summed E-state index contributed by atoms with van der Waals surface area (Å²) in [7, 11) is 0. The maximum Gasteiger partial charge on any atom is 0.253 e. The molecule has 0 atom stereocenters. The molecule has 4 aromatic rings. The molecule has 1 aromatic carbocycles. The summed E-state index contributed by atoms with van der Waals surface area (Å²) in [4.78, 5) is 24.7. The maximum absolute atomic E-state index is 12.2. The number of H-pyrrole nitrogens is 1. The molecule has 0 unspecified atom stereocenters. The van der Waals surface area contributed by atoms with Crippen LogP contribution in [-0.4, -0.2) is 27.4 Å². The van der Waals surface area contributed by atoms with Crippen LogP contribution in [-0.2, 0) is 6.42 Å². The van der Waals surface area contributed by atoms with Crippen molar-refractivity contribution >= 4 is 16.8 Å². The highest BCUT2D eigenvalue weighted by Crippen LogP contribution is 2.31. The maximum atomic E-state index is 12.2. The van der Waals surface area contributed by atoms with E-state index in [1.54, 1.807) is 6.20 Å². The molecule has 3 aromatic heterocycles. The van der Waals surface area contributed by atoms with Gasteiger partial charge in [0.1, 0.15) is 0 Å². The van der Waals surface area contributed by atoms with E-state index >= 15 is 0 Å². The molecule has 0 fully saturated rings. The zero-order chi connectivity index (χ0) is 18.4. The van der Waals surface area contributed by atoms with Gasteiger partial charge < -0.3 is 10.3 Å². The number of hydrogen-bond acceptors (Lipinski definition) is 3. The second-order valence-corrected chi connectivity index (χ2v) is 6.83. The van der Waals surface area contributed by atoms with Gasteiger partial charge in [0, 0.05) is 53.3 Å². The quantitative estimate of drug-likeness (QED) is 0.574. The molecule has 0 spiro atoms. The molecule has 27 heavy (non-hydrogen) atoms. The van der Waals surface area contributed by atoms with E-state index in [0.717, 1.165) is 56.7 Å². The van der Waals surface area contributed by atoms with E-state index in [4.69, 9.17) is 0 Å². The number of hydrogen-bond donors (Lipinski definition) is 2. The number of amides is 1. The van der Waals surface area contributed by atoms with E-state index in [0.29, 0.717) is 6.54 Å². The van der Waals surface area contributed by atoms with Gasteiger partial charge in [-0.2, -0.15) is 0 Å². The molecule has 5 heteroatoms. The Balaban J connectivity index is 1.61. The van der Waals surface area contributed by atoms with Crippen molar-refractivity contribution in [3.05, 3.63) is 71.7 Å². The Bertz CT molecular complexity index is 1190. The first-order valence-electron chi connectivity index (χ1n) is 9.02. The second kappa shape index (κ2) is 6.06. The summed E-state index contributed by atoms with van der Waals surface area (Å²) in [5, 5.41) is 4.01. The predicted octanol–water partition coefficient (Wildman–Crippen LogP) is 3.89. The van der Waals surface area contributed by atoms with Crippen molar-refractivity contribution in [1.82, 2.24) is 20.3 Å². The molecule has 0 radical (unpaired) electrons. The van der Waals surface area contributed by atoms with E-state index in [9.17, 15) is 4.79 Å². The first-order valence-corrected chi connectivity index (χ1v) is 9.02. The summed E-state index contributed by atoms with van der Waals surface area (Å²) in [6.07, 6.45) is 4.49. The van der Waals surface area contributed by atoms with Gasteiger partial charge in [0.05, 0.1) is 16.8 Å². The van der Waals surface area contributed by atoms with E-state index < -0.39 is 0 Å². The fourth-order valence-corrected chi connectivity index (χ4v) is 3.79. The minimum atomic E-state index is 0.00394. The Kier molecular flexibility index (Phi) is 3.53. The van der Waals surface area contributed by atoms with Crippen LogP contribution in [0, 0.1) is 6.92 Å². The van der Waals surface area contributed by atoms with Crippen LogP contribution in [0.4, 0.5) is 0 Å². The number of nitrogens with zero attached hydrogens (tertiary/aromatic N) is 2. The smallest absolute Gasteiger partial charge is 0.253 e. The first kappa shape index (κ1) is 15.8. The van der Waals surface area contributed by atoms with E-state index in [1.807, 2.05) is 43.5 Å². The van der Waals surface area contributed by atoms with Gasteiger partial charge in [-0.1, -0.05) is 18.2 Å². The van der Waals surface area contributed by atoms with Crippen LogP contribution >= 0.6 is 0 Å². The molecule has 0 aliphatic carbocycles. The Morgan fingerprint density at radius 3 is 2.81 bits per heavy atom. The number of pyridine rings is 2. The third-order valence-corrected chi connectivity index (χ3v) is 5.15. The molecule has 1 aliphatic rings. The molecule has 0 bridgehead atoms. The van der Waals surface area contributed by atoms with Gasteiger partial charge in [-0.05, 0) is 36.8 Å². The van der Waals surface area contributed by atoms with Crippen molar-refractivity contribution in [2.24, 2.45) is 0 Å². The molecular weight excluding hydrogens is 336 g/mol. The molecule has 132 valence electrons. The highest BCUT2D eigenvalue weighted by atomic mass is 16.1. The number of benzene rings is 1. The molecule has 1 amide bonds. The van der Waals surface area contributed by atoms with Crippen molar-refractivity contribution < 1.29 is 4.79 Å². The number of fused-ring (bicyclic) bond motifs is 2. The fourth-order valence-electron chi connectivity index (χ4n) is 3.79. The molecule has 5 rings (SSSR count). The van der Waals surface area contributed by atoms with E-state index in [-0.39, 0.29) is 5.91 Å². The number of rotatable bonds is 2. The minimum absolute atomic E-state index is 0.00394. The number of para-hydroxylation sites is 1. The SMILES string of the molecule is Cc1c(-c2ccnc(-c3cnc4ccccc4c3)c2)[nH]c2c1C(=O)NCC2. The van der Waals surface area contributed by atoms with Crippen LogP contribution in [0.25, 0.3) is 33.4 Å². The van der Waals surface area contributed by atoms with Crippen LogP contribution in [0.5, 0.6) is 0 Å². The van der Waals surface area contributed by atoms with Crippen molar-refractivity contribution in [2.75, 3.05) is 6.54 Å². The predicted molar refractivity (Wildman–Crippen MR) is 106 cm³/mol. The highest BCUT2D eigenvalue weighted by molar-refractivity contribution is 6.00. The zero-order valence-electron chi connectivity index (χ0n) is 14.9. The Labute approximate surface area is 156 Å². The molecule has 5 nitrogen and oxygen atoms in total. The number of carbonyl (C=O) groups excluding carboxylic acids is 1. The summed E-state index contributed by atoms with van der Waals surface area (Å²) in [5.41, 5.74) is 7.58. The lowest BCUT2D eigenvalue weighted by Crippen LogP contribution is -2.31. The standard InChI is InChI=1S/C22H18N4O/c1-13-20-18(7-9-24-22(20)27)26-21(13)15-6-8-23-19(11-15)16-10-14-4-2-3-5-17(14)25-12-16/h2-6,8,10-12,26H,7,9H2,1H3,(H,24,27). The molecular formula is C22H18N4O. The average Bonchev–Trinajstić information content (AvgIpc) is 3.05. The monoisotopic (exact) mass is 354 g/mol. The lowest BCUT2D eigenvalue weighted by Gasteiger charge is -2.12. The first-order chi connectivity index (χ1) is 13.2. The third kappa shape index (κ3) is 2.59. The van der Waals surface area contributed by atoms with E-state index in [2.05, 4.69) is 32.4 Å². The van der Waals surface area contributed by atoms with Gasteiger partial charge in [-0.25, -0.2) is 0 Å².